The van der Waals surface area contributed by atoms with Crippen molar-refractivity contribution in [2.24, 2.45) is 7.05 Å². The first-order valence-electron chi connectivity index (χ1n) is 8.93. The average Bonchev–Trinajstić information content (AvgIpc) is 3.20. The van der Waals surface area contributed by atoms with Crippen molar-refractivity contribution in [1.82, 2.24) is 19.6 Å². The van der Waals surface area contributed by atoms with Crippen LogP contribution in [-0.2, 0) is 13.5 Å². The number of rotatable bonds is 4. The van der Waals surface area contributed by atoms with Crippen molar-refractivity contribution in [2.75, 3.05) is 39.8 Å². The lowest BCUT2D eigenvalue weighted by molar-refractivity contribution is 0.157. The van der Waals surface area contributed by atoms with E-state index in [0.717, 1.165) is 12.8 Å². The lowest BCUT2D eigenvalue weighted by atomic mass is 9.97. The second-order valence-corrected chi connectivity index (χ2v) is 7.00. The van der Waals surface area contributed by atoms with Crippen LogP contribution in [0.2, 0.25) is 0 Å². The molecule has 0 unspecified atom stereocenters. The number of fused-ring (bicyclic) bond motifs is 1. The molecule has 0 atom stereocenters. The first kappa shape index (κ1) is 15.6. The van der Waals surface area contributed by atoms with E-state index in [2.05, 4.69) is 52.3 Å². The molecule has 0 bridgehead atoms. The molecule has 4 rings (SSSR count). The van der Waals surface area contributed by atoms with Gasteiger partial charge < -0.3 is 9.80 Å². The van der Waals surface area contributed by atoms with Crippen LogP contribution in [0.15, 0.2) is 36.5 Å². The Hall–Kier alpha value is -1.91. The van der Waals surface area contributed by atoms with Gasteiger partial charge in [0.05, 0.1) is 5.69 Å². The van der Waals surface area contributed by atoms with Gasteiger partial charge >= 0.3 is 0 Å². The summed E-state index contributed by atoms with van der Waals surface area (Å²) in [6, 6.07) is 8.82. The molecule has 1 saturated heterocycles. The third-order valence-electron chi connectivity index (χ3n) is 5.46. The number of aryl methyl sites for hydroxylation is 1. The second-order valence-electron chi connectivity index (χ2n) is 7.00. The number of hydrogen-bond donors (Lipinski definition) is 0. The fourth-order valence-electron chi connectivity index (χ4n) is 3.91. The number of piperazine rings is 1. The van der Waals surface area contributed by atoms with Gasteiger partial charge in [-0.05, 0) is 42.7 Å². The molecule has 1 aliphatic carbocycles. The molecule has 4 nitrogen and oxygen atoms in total. The van der Waals surface area contributed by atoms with E-state index in [-0.39, 0.29) is 0 Å². The lowest BCUT2D eigenvalue weighted by Crippen LogP contribution is -2.44. The fraction of sp³-hybridized carbons (Fsp3) is 0.450. The van der Waals surface area contributed by atoms with Crippen molar-refractivity contribution in [2.45, 2.75) is 12.8 Å². The van der Waals surface area contributed by atoms with Crippen LogP contribution in [0.3, 0.4) is 0 Å². The molecule has 0 amide bonds. The number of benzene rings is 1. The standard InChI is InChI=1S/C20H26N4/c1-22-12-14-24(15-13-22)11-9-16-6-7-18-17(16)4-3-5-19(18)20-8-10-21-23(20)2/h3-6,8,10H,7,9,11-15H2,1-2H3. The summed E-state index contributed by atoms with van der Waals surface area (Å²) < 4.78 is 1.97. The van der Waals surface area contributed by atoms with Crippen LogP contribution in [-0.4, -0.2) is 59.4 Å². The van der Waals surface area contributed by atoms with Gasteiger partial charge in [-0.3, -0.25) is 4.68 Å². The first-order chi connectivity index (χ1) is 11.7. The van der Waals surface area contributed by atoms with Crippen molar-refractivity contribution in [3.05, 3.63) is 47.7 Å². The quantitative estimate of drug-likeness (QED) is 0.865. The molecule has 1 aromatic carbocycles. The molecule has 2 aromatic rings. The molecule has 1 aliphatic heterocycles. The van der Waals surface area contributed by atoms with Crippen molar-refractivity contribution in [3.8, 4) is 11.3 Å². The Morgan fingerprint density at radius 3 is 2.54 bits per heavy atom. The zero-order valence-corrected chi connectivity index (χ0v) is 14.7. The Bertz CT molecular complexity index is 751. The number of allylic oxidation sites excluding steroid dienone is 1. The average molecular weight is 322 g/mol. The normalized spacial score (nSPS) is 18.7. The van der Waals surface area contributed by atoms with Crippen molar-refractivity contribution < 1.29 is 0 Å². The van der Waals surface area contributed by atoms with Gasteiger partial charge in [-0.25, -0.2) is 0 Å². The molecular weight excluding hydrogens is 296 g/mol. The van der Waals surface area contributed by atoms with Crippen LogP contribution in [0.4, 0.5) is 0 Å². The van der Waals surface area contributed by atoms with Crippen LogP contribution in [0.1, 0.15) is 17.5 Å². The minimum absolute atomic E-state index is 1.05. The van der Waals surface area contributed by atoms with Gasteiger partial charge in [-0.15, -0.1) is 0 Å². The molecule has 0 radical (unpaired) electrons. The van der Waals surface area contributed by atoms with Crippen LogP contribution in [0.5, 0.6) is 0 Å². The number of nitrogens with zero attached hydrogens (tertiary/aromatic N) is 4. The number of hydrogen-bond acceptors (Lipinski definition) is 3. The molecule has 2 heterocycles. The highest BCUT2D eigenvalue weighted by Gasteiger charge is 2.20. The maximum Gasteiger partial charge on any atom is 0.0681 e. The first-order valence-corrected chi connectivity index (χ1v) is 8.93. The third-order valence-corrected chi connectivity index (χ3v) is 5.46. The lowest BCUT2D eigenvalue weighted by Gasteiger charge is -2.32. The Labute approximate surface area is 144 Å². The summed E-state index contributed by atoms with van der Waals surface area (Å²) in [6.45, 7) is 5.97. The highest BCUT2D eigenvalue weighted by atomic mass is 15.3. The van der Waals surface area contributed by atoms with Crippen LogP contribution >= 0.6 is 0 Å². The van der Waals surface area contributed by atoms with Gasteiger partial charge in [0.25, 0.3) is 0 Å². The van der Waals surface area contributed by atoms with E-state index in [1.165, 1.54) is 60.7 Å². The zero-order valence-electron chi connectivity index (χ0n) is 14.7. The Kier molecular flexibility index (Phi) is 4.25. The monoisotopic (exact) mass is 322 g/mol. The molecule has 0 saturated carbocycles. The molecule has 1 fully saturated rings. The van der Waals surface area contributed by atoms with Crippen molar-refractivity contribution >= 4 is 5.57 Å². The highest BCUT2D eigenvalue weighted by Crippen LogP contribution is 2.36. The van der Waals surface area contributed by atoms with E-state index in [1.807, 2.05) is 17.9 Å². The minimum atomic E-state index is 1.05. The van der Waals surface area contributed by atoms with Gasteiger partial charge in [-0.1, -0.05) is 24.3 Å². The van der Waals surface area contributed by atoms with Gasteiger partial charge in [0.1, 0.15) is 0 Å². The predicted octanol–water partition coefficient (Wildman–Crippen LogP) is 2.66. The fourth-order valence-corrected chi connectivity index (χ4v) is 3.91. The smallest absolute Gasteiger partial charge is 0.0681 e. The van der Waals surface area contributed by atoms with Crippen LogP contribution in [0.25, 0.3) is 16.8 Å². The molecule has 126 valence electrons. The van der Waals surface area contributed by atoms with E-state index < -0.39 is 0 Å². The van der Waals surface area contributed by atoms with E-state index in [9.17, 15) is 0 Å². The summed E-state index contributed by atoms with van der Waals surface area (Å²) in [4.78, 5) is 5.02. The van der Waals surface area contributed by atoms with E-state index in [1.54, 1.807) is 0 Å². The Morgan fingerprint density at radius 1 is 1.00 bits per heavy atom. The maximum absolute atomic E-state index is 4.33. The van der Waals surface area contributed by atoms with E-state index in [4.69, 9.17) is 0 Å². The van der Waals surface area contributed by atoms with E-state index >= 15 is 0 Å². The summed E-state index contributed by atoms with van der Waals surface area (Å²) in [5.41, 5.74) is 6.98. The van der Waals surface area contributed by atoms with Gasteiger partial charge in [0.2, 0.25) is 0 Å². The van der Waals surface area contributed by atoms with Crippen LogP contribution < -0.4 is 0 Å². The number of likely N-dealkylation sites (N-methyl/N-ethyl adjacent to an activating group) is 1. The maximum atomic E-state index is 4.33. The molecule has 0 spiro atoms. The van der Waals surface area contributed by atoms with Crippen LogP contribution in [0, 0.1) is 0 Å². The Morgan fingerprint density at radius 2 is 1.79 bits per heavy atom. The molecule has 4 heteroatoms. The molecule has 2 aliphatic rings. The summed E-state index contributed by atoms with van der Waals surface area (Å²) in [6.07, 6.45) is 6.52. The van der Waals surface area contributed by atoms with E-state index in [0.29, 0.717) is 0 Å². The number of aromatic nitrogens is 2. The van der Waals surface area contributed by atoms with Crippen molar-refractivity contribution in [1.29, 1.82) is 0 Å². The summed E-state index contributed by atoms with van der Waals surface area (Å²) >= 11 is 0. The SMILES string of the molecule is CN1CCN(CCC2=CCc3c2cccc3-c2ccnn2C)CC1. The minimum Gasteiger partial charge on any atom is -0.304 e. The highest BCUT2D eigenvalue weighted by molar-refractivity contribution is 5.80. The topological polar surface area (TPSA) is 24.3 Å². The zero-order chi connectivity index (χ0) is 16.5. The largest absolute Gasteiger partial charge is 0.304 e. The summed E-state index contributed by atoms with van der Waals surface area (Å²) in [7, 11) is 4.23. The van der Waals surface area contributed by atoms with Crippen molar-refractivity contribution in [3.63, 3.8) is 0 Å². The van der Waals surface area contributed by atoms with Gasteiger partial charge in [-0.2, -0.15) is 5.10 Å². The summed E-state index contributed by atoms with van der Waals surface area (Å²) in [5, 5.41) is 4.33. The van der Waals surface area contributed by atoms with Gasteiger partial charge in [0, 0.05) is 51.5 Å². The molecule has 0 N–H and O–H groups in total. The third kappa shape index (κ3) is 2.92. The Balaban J connectivity index is 1.49. The summed E-state index contributed by atoms with van der Waals surface area (Å²) in [5.74, 6) is 0. The second kappa shape index (κ2) is 6.54. The molecule has 1 aromatic heterocycles. The molecular formula is C20H26N4. The predicted molar refractivity (Wildman–Crippen MR) is 98.9 cm³/mol. The van der Waals surface area contributed by atoms with Gasteiger partial charge in [0.15, 0.2) is 0 Å². The molecule has 24 heavy (non-hydrogen) atoms.